The number of benzene rings is 1. The van der Waals surface area contributed by atoms with Crippen LogP contribution in [0.2, 0.25) is 0 Å². The van der Waals surface area contributed by atoms with E-state index in [9.17, 15) is 9.36 Å². The molecule has 1 rings (SSSR count). The fourth-order valence-electron chi connectivity index (χ4n) is 1.50. The minimum absolute atomic E-state index is 0.0503. The highest BCUT2D eigenvalue weighted by atomic mass is 31.2. The molecule has 0 spiro atoms. The third-order valence-corrected chi connectivity index (χ3v) is 2.78. The number of hydrogen-bond acceptors (Lipinski definition) is 5. The molecule has 0 saturated carbocycles. The van der Waals surface area contributed by atoms with Gasteiger partial charge in [-0.25, -0.2) is 4.57 Å². The lowest BCUT2D eigenvalue weighted by molar-refractivity contribution is 0.103. The molecule has 19 heavy (non-hydrogen) atoms. The van der Waals surface area contributed by atoms with Gasteiger partial charge in [0.05, 0.1) is 11.3 Å². The summed E-state index contributed by atoms with van der Waals surface area (Å²) < 4.78 is 15.2. The first-order chi connectivity index (χ1) is 8.67. The van der Waals surface area contributed by atoms with E-state index in [1.165, 1.54) is 19.1 Å². The van der Waals surface area contributed by atoms with Gasteiger partial charge in [0.1, 0.15) is 0 Å². The van der Waals surface area contributed by atoms with E-state index in [2.05, 4.69) is 11.1 Å². The number of anilines is 1. The lowest BCUT2D eigenvalue weighted by Crippen LogP contribution is -2.12. The van der Waals surface area contributed by atoms with Crippen LogP contribution in [0.15, 0.2) is 24.3 Å². The molecule has 104 valence electrons. The van der Waals surface area contributed by atoms with Crippen LogP contribution in [0.5, 0.6) is 5.75 Å². The lowest BCUT2D eigenvalue weighted by atomic mass is 9.97. The largest absolute Gasteiger partial charge is 0.524 e. The number of hydrogen-bond donors (Lipinski definition) is 4. The molecule has 7 nitrogen and oxygen atoms in total. The minimum Gasteiger partial charge on any atom is -0.402 e. The zero-order chi connectivity index (χ0) is 14.8. The predicted molar refractivity (Wildman–Crippen MR) is 70.6 cm³/mol. The van der Waals surface area contributed by atoms with Crippen LogP contribution in [0.4, 0.5) is 5.69 Å². The van der Waals surface area contributed by atoms with Crippen molar-refractivity contribution in [3.63, 3.8) is 0 Å². The number of phosphoric ester groups is 1. The molecule has 0 radical (unpaired) electrons. The van der Waals surface area contributed by atoms with Crippen LogP contribution < -0.4 is 16.0 Å². The maximum absolute atomic E-state index is 12.0. The summed E-state index contributed by atoms with van der Waals surface area (Å²) in [7, 11) is -4.76. The zero-order valence-electron chi connectivity index (χ0n) is 10.3. The van der Waals surface area contributed by atoms with Gasteiger partial charge in [0, 0.05) is 6.54 Å². The van der Waals surface area contributed by atoms with Gasteiger partial charge in [-0.1, -0.05) is 12.6 Å². The van der Waals surface area contributed by atoms with E-state index in [0.29, 0.717) is 5.56 Å². The molecular formula is C11H15N2O5P. The Bertz CT molecular complexity index is 579. The third-order valence-electron chi connectivity index (χ3n) is 2.34. The van der Waals surface area contributed by atoms with Crippen LogP contribution in [0.3, 0.4) is 0 Å². The number of rotatable bonds is 5. The standard InChI is InChI=1S/C11H15N2O5P/c1-6(2)11(14)9-7(5-12)3-4-8(10(9)13)18-19(15,16)17/h3-4H,1,5,12-13H2,2H3,(H2,15,16,17). The first-order valence-corrected chi connectivity index (χ1v) is 6.77. The fourth-order valence-corrected chi connectivity index (χ4v) is 1.92. The van der Waals surface area contributed by atoms with Gasteiger partial charge < -0.3 is 16.0 Å². The minimum atomic E-state index is -4.76. The summed E-state index contributed by atoms with van der Waals surface area (Å²) >= 11 is 0. The molecule has 0 aliphatic carbocycles. The molecule has 8 heteroatoms. The summed E-state index contributed by atoms with van der Waals surface area (Å²) in [4.78, 5) is 29.5. The van der Waals surface area contributed by atoms with Crippen LogP contribution >= 0.6 is 7.82 Å². The molecule has 0 heterocycles. The molecular weight excluding hydrogens is 271 g/mol. The Morgan fingerprint density at radius 2 is 2.05 bits per heavy atom. The SMILES string of the molecule is C=C(C)C(=O)c1c(CN)ccc(OP(=O)(O)O)c1N. The Labute approximate surface area is 110 Å². The van der Waals surface area contributed by atoms with Gasteiger partial charge in [0.2, 0.25) is 0 Å². The van der Waals surface area contributed by atoms with Crippen molar-refractivity contribution in [2.45, 2.75) is 13.5 Å². The predicted octanol–water partition coefficient (Wildman–Crippen LogP) is 0.958. The Morgan fingerprint density at radius 3 is 2.47 bits per heavy atom. The highest BCUT2D eigenvalue weighted by Gasteiger charge is 2.23. The first-order valence-electron chi connectivity index (χ1n) is 5.24. The average Bonchev–Trinajstić information content (AvgIpc) is 2.28. The summed E-state index contributed by atoms with van der Waals surface area (Å²) in [5.41, 5.74) is 11.8. The molecule has 0 fully saturated rings. The van der Waals surface area contributed by atoms with E-state index >= 15 is 0 Å². The van der Waals surface area contributed by atoms with E-state index in [4.69, 9.17) is 21.3 Å². The number of carbonyl (C=O) groups excluding carboxylic acids is 1. The molecule has 0 unspecified atom stereocenters. The van der Waals surface area contributed by atoms with Gasteiger partial charge in [-0.05, 0) is 24.1 Å². The maximum Gasteiger partial charge on any atom is 0.524 e. The number of carbonyl (C=O) groups is 1. The van der Waals surface area contributed by atoms with Crippen molar-refractivity contribution in [2.75, 3.05) is 5.73 Å². The highest BCUT2D eigenvalue weighted by molar-refractivity contribution is 7.46. The van der Waals surface area contributed by atoms with Crippen LogP contribution in [0.1, 0.15) is 22.8 Å². The normalized spacial score (nSPS) is 11.2. The lowest BCUT2D eigenvalue weighted by Gasteiger charge is -2.15. The van der Waals surface area contributed by atoms with Crippen molar-refractivity contribution in [1.82, 2.24) is 0 Å². The third kappa shape index (κ3) is 3.65. The summed E-state index contributed by atoms with van der Waals surface area (Å²) in [5.74, 6) is -0.718. The topological polar surface area (TPSA) is 136 Å². The summed E-state index contributed by atoms with van der Waals surface area (Å²) in [6.45, 7) is 5.06. The van der Waals surface area contributed by atoms with Crippen molar-refractivity contribution >= 4 is 19.3 Å². The molecule has 0 aliphatic rings. The van der Waals surface area contributed by atoms with Gasteiger partial charge in [-0.15, -0.1) is 0 Å². The molecule has 0 saturated heterocycles. The summed E-state index contributed by atoms with van der Waals surface area (Å²) in [6, 6.07) is 2.68. The van der Waals surface area contributed by atoms with E-state index in [0.717, 1.165) is 0 Å². The number of nitrogens with two attached hydrogens (primary N) is 2. The molecule has 6 N–H and O–H groups in total. The zero-order valence-corrected chi connectivity index (χ0v) is 11.2. The number of allylic oxidation sites excluding steroid dienone is 1. The maximum atomic E-state index is 12.0. The van der Waals surface area contributed by atoms with Crippen molar-refractivity contribution in [3.05, 3.63) is 35.4 Å². The number of phosphoric acid groups is 1. The Balaban J connectivity index is 3.42. The second-order valence-corrected chi connectivity index (χ2v) is 5.07. The number of nitrogen functional groups attached to an aromatic ring is 1. The number of Topliss-reactive ketones (excluding diaryl/α,β-unsaturated/α-hetero) is 1. The molecule has 0 bridgehead atoms. The van der Waals surface area contributed by atoms with E-state index < -0.39 is 13.6 Å². The number of ketones is 1. The fraction of sp³-hybridized carbons (Fsp3) is 0.182. The van der Waals surface area contributed by atoms with Gasteiger partial charge in [0.15, 0.2) is 11.5 Å². The Kier molecular flexibility index (Phi) is 4.49. The van der Waals surface area contributed by atoms with Crippen molar-refractivity contribution in [2.24, 2.45) is 5.73 Å². The van der Waals surface area contributed by atoms with Gasteiger partial charge in [-0.3, -0.25) is 14.6 Å². The average molecular weight is 286 g/mol. The van der Waals surface area contributed by atoms with Crippen molar-refractivity contribution in [1.29, 1.82) is 0 Å². The van der Waals surface area contributed by atoms with E-state index in [-0.39, 0.29) is 29.1 Å². The Morgan fingerprint density at radius 1 is 1.47 bits per heavy atom. The summed E-state index contributed by atoms with van der Waals surface area (Å²) in [5, 5.41) is 0. The van der Waals surface area contributed by atoms with Crippen LogP contribution in [-0.2, 0) is 11.1 Å². The van der Waals surface area contributed by atoms with Crippen molar-refractivity contribution in [3.8, 4) is 5.75 Å². The molecule has 1 aromatic rings. The Hall–Kier alpha value is -1.66. The second-order valence-electron chi connectivity index (χ2n) is 3.91. The van der Waals surface area contributed by atoms with E-state index in [1.807, 2.05) is 0 Å². The summed E-state index contributed by atoms with van der Waals surface area (Å²) in [6.07, 6.45) is 0. The molecule has 1 aromatic carbocycles. The van der Waals surface area contributed by atoms with Gasteiger partial charge >= 0.3 is 7.82 Å². The quantitative estimate of drug-likeness (QED) is 0.274. The molecule has 0 aromatic heterocycles. The smallest absolute Gasteiger partial charge is 0.402 e. The molecule has 0 atom stereocenters. The van der Waals surface area contributed by atoms with Crippen molar-refractivity contribution < 1.29 is 23.7 Å². The first kappa shape index (κ1) is 15.4. The molecule has 0 amide bonds. The van der Waals surface area contributed by atoms with Gasteiger partial charge in [-0.2, -0.15) is 0 Å². The highest BCUT2D eigenvalue weighted by Crippen LogP contribution is 2.42. The second kappa shape index (κ2) is 5.54. The van der Waals surface area contributed by atoms with Crippen LogP contribution in [0.25, 0.3) is 0 Å². The van der Waals surface area contributed by atoms with Crippen LogP contribution in [0, 0.1) is 0 Å². The van der Waals surface area contributed by atoms with Crippen LogP contribution in [-0.4, -0.2) is 15.6 Å². The molecule has 0 aliphatic heterocycles. The monoisotopic (exact) mass is 286 g/mol. The van der Waals surface area contributed by atoms with E-state index in [1.54, 1.807) is 0 Å². The van der Waals surface area contributed by atoms with Gasteiger partial charge in [0.25, 0.3) is 0 Å².